The van der Waals surface area contributed by atoms with E-state index in [1.807, 2.05) is 32.0 Å². The molecule has 0 saturated heterocycles. The van der Waals surface area contributed by atoms with Gasteiger partial charge < -0.3 is 0 Å². The third kappa shape index (κ3) is 5.86. The van der Waals surface area contributed by atoms with Crippen LogP contribution in [0.4, 0.5) is 26.3 Å². The fourth-order valence-electron chi connectivity index (χ4n) is 3.33. The van der Waals surface area contributed by atoms with E-state index in [0.29, 0.717) is 22.9 Å². The standard InChI is InChI=1S/C21H17F6.2ClH.Zr/c1-3-12-7-14-6-5-13(4-2)19(18(14)8-12)15-9-16(20(22,23)24)11-17(10-15)21(25,26)27;;;/h5-11H,3-4H2,1-2H3;2*1H;/q-1;;;+2/p-2. The second-order valence-electron chi connectivity index (χ2n) is 6.54. The van der Waals surface area contributed by atoms with Crippen LogP contribution in [0.2, 0.25) is 0 Å². The molecular weight excluding hydrogens is 528 g/mol. The van der Waals surface area contributed by atoms with Crippen molar-refractivity contribution in [1.82, 2.24) is 0 Å². The molecule has 3 rings (SSSR count). The van der Waals surface area contributed by atoms with E-state index < -0.39 is 44.3 Å². The molecule has 0 heterocycles. The third-order valence-corrected chi connectivity index (χ3v) is 4.70. The molecule has 0 amide bonds. The Morgan fingerprint density at radius 1 is 0.833 bits per heavy atom. The molecule has 3 aromatic carbocycles. The molecule has 0 atom stereocenters. The number of aryl methyl sites for hydroxylation is 2. The third-order valence-electron chi connectivity index (χ3n) is 4.70. The van der Waals surface area contributed by atoms with E-state index in [4.69, 9.17) is 17.0 Å². The van der Waals surface area contributed by atoms with Crippen LogP contribution in [-0.2, 0) is 46.0 Å². The van der Waals surface area contributed by atoms with Crippen LogP contribution >= 0.6 is 17.0 Å². The van der Waals surface area contributed by atoms with Crippen LogP contribution in [0.3, 0.4) is 0 Å². The molecule has 3 aromatic rings. The van der Waals surface area contributed by atoms with Gasteiger partial charge in [-0.3, -0.25) is 0 Å². The molecule has 0 unspecified atom stereocenters. The Morgan fingerprint density at radius 3 is 1.80 bits per heavy atom. The second-order valence-corrected chi connectivity index (χ2v) is 10.3. The average Bonchev–Trinajstić information content (AvgIpc) is 3.09. The summed E-state index contributed by atoms with van der Waals surface area (Å²) in [7, 11) is 9.87. The first-order valence-electron chi connectivity index (χ1n) is 8.93. The van der Waals surface area contributed by atoms with Gasteiger partial charge in [-0.25, -0.2) is 0 Å². The van der Waals surface area contributed by atoms with Gasteiger partial charge in [-0.1, -0.05) is 25.0 Å². The number of rotatable bonds is 3. The van der Waals surface area contributed by atoms with Gasteiger partial charge in [0.1, 0.15) is 0 Å². The van der Waals surface area contributed by atoms with Crippen molar-refractivity contribution < 1.29 is 47.2 Å². The van der Waals surface area contributed by atoms with Crippen molar-refractivity contribution in [2.24, 2.45) is 0 Å². The van der Waals surface area contributed by atoms with Gasteiger partial charge in [0.15, 0.2) is 0 Å². The molecule has 9 heteroatoms. The van der Waals surface area contributed by atoms with Crippen LogP contribution in [-0.4, -0.2) is 0 Å². The van der Waals surface area contributed by atoms with E-state index in [1.165, 1.54) is 0 Å². The van der Waals surface area contributed by atoms with Crippen LogP contribution in [0.5, 0.6) is 0 Å². The van der Waals surface area contributed by atoms with Crippen molar-refractivity contribution in [1.29, 1.82) is 0 Å². The first-order chi connectivity index (χ1) is 14.0. The fraction of sp³-hybridized carbons (Fsp3) is 0.286. The summed E-state index contributed by atoms with van der Waals surface area (Å²) in [6.07, 6.45) is -8.50. The number of hydrogen-bond donors (Lipinski definition) is 0. The number of alkyl halides is 6. The van der Waals surface area contributed by atoms with E-state index in [1.54, 1.807) is 6.07 Å². The quantitative estimate of drug-likeness (QED) is 0.228. The molecule has 0 radical (unpaired) electrons. The Labute approximate surface area is 189 Å². The summed E-state index contributed by atoms with van der Waals surface area (Å²) in [6, 6.07) is 9.16. The second kappa shape index (κ2) is 10.1. The normalized spacial score (nSPS) is 11.9. The van der Waals surface area contributed by atoms with Crippen molar-refractivity contribution in [2.75, 3.05) is 0 Å². The molecular formula is C21H17Cl2F6Zr-. The molecule has 0 N–H and O–H groups in total. The predicted molar refractivity (Wildman–Crippen MR) is 105 cm³/mol. The monoisotopic (exact) mass is 543 g/mol. The van der Waals surface area contributed by atoms with Crippen molar-refractivity contribution >= 4 is 27.8 Å². The van der Waals surface area contributed by atoms with Crippen molar-refractivity contribution in [3.05, 3.63) is 64.7 Å². The summed E-state index contributed by atoms with van der Waals surface area (Å²) in [5, 5.41) is 1.49. The molecule has 0 fully saturated rings. The maximum absolute atomic E-state index is 13.2. The minimum atomic E-state index is -4.86. The summed E-state index contributed by atoms with van der Waals surface area (Å²) in [5.74, 6) is 0. The summed E-state index contributed by atoms with van der Waals surface area (Å²) >= 11 is -0.826. The summed E-state index contributed by atoms with van der Waals surface area (Å²) in [5.41, 5.74) is -0.521. The fourth-order valence-corrected chi connectivity index (χ4v) is 3.33. The van der Waals surface area contributed by atoms with Crippen LogP contribution in [0.15, 0.2) is 42.5 Å². The Balaban J connectivity index is 0.00000101. The van der Waals surface area contributed by atoms with E-state index in [0.717, 1.165) is 29.5 Å². The Hall–Kier alpha value is -0.907. The van der Waals surface area contributed by atoms with E-state index in [-0.39, 0.29) is 11.6 Å². The van der Waals surface area contributed by atoms with Gasteiger partial charge in [-0.05, 0) is 36.6 Å². The molecule has 0 aliphatic heterocycles. The van der Waals surface area contributed by atoms with Crippen molar-refractivity contribution in [2.45, 2.75) is 39.0 Å². The average molecular weight is 545 g/mol. The maximum atomic E-state index is 13.2. The Kier molecular flexibility index (Phi) is 8.57. The molecule has 0 aliphatic rings. The van der Waals surface area contributed by atoms with Gasteiger partial charge >= 0.3 is 50.2 Å². The zero-order valence-corrected chi connectivity index (χ0v) is 19.9. The van der Waals surface area contributed by atoms with Gasteiger partial charge in [0.25, 0.3) is 0 Å². The van der Waals surface area contributed by atoms with E-state index in [9.17, 15) is 26.3 Å². The first kappa shape index (κ1) is 25.4. The van der Waals surface area contributed by atoms with Crippen LogP contribution < -0.4 is 0 Å². The van der Waals surface area contributed by atoms with Crippen LogP contribution in [0.25, 0.3) is 21.9 Å². The number of halogens is 8. The Bertz CT molecular complexity index is 973. The van der Waals surface area contributed by atoms with Crippen molar-refractivity contribution in [3.8, 4) is 11.1 Å². The van der Waals surface area contributed by atoms with E-state index >= 15 is 0 Å². The Morgan fingerprint density at radius 2 is 1.37 bits per heavy atom. The van der Waals surface area contributed by atoms with Crippen molar-refractivity contribution in [3.63, 3.8) is 0 Å². The topological polar surface area (TPSA) is 0 Å². The molecule has 162 valence electrons. The minimum absolute atomic E-state index is 0.0622. The van der Waals surface area contributed by atoms with Gasteiger partial charge in [-0.15, -0.1) is 34.5 Å². The number of hydrogen-bond acceptors (Lipinski definition) is 0. The zero-order chi connectivity index (χ0) is 22.7. The van der Waals surface area contributed by atoms with E-state index in [2.05, 4.69) is 0 Å². The first-order valence-corrected chi connectivity index (χ1v) is 15.3. The molecule has 0 aromatic heterocycles. The molecule has 0 saturated carbocycles. The molecule has 30 heavy (non-hydrogen) atoms. The number of fused-ring (bicyclic) bond motifs is 1. The molecule has 0 bridgehead atoms. The summed E-state index contributed by atoms with van der Waals surface area (Å²) in [4.78, 5) is 0. The predicted octanol–water partition coefficient (Wildman–Crippen LogP) is 8.76. The van der Waals surface area contributed by atoms with Gasteiger partial charge in [0, 0.05) is 0 Å². The molecule has 0 aliphatic carbocycles. The summed E-state index contributed by atoms with van der Waals surface area (Å²) in [6.45, 7) is 3.77. The van der Waals surface area contributed by atoms with Gasteiger partial charge in [-0.2, -0.15) is 32.4 Å². The molecule has 0 nitrogen and oxygen atoms in total. The summed E-state index contributed by atoms with van der Waals surface area (Å²) < 4.78 is 79.4. The van der Waals surface area contributed by atoms with Gasteiger partial charge in [0.05, 0.1) is 11.1 Å². The molecule has 0 spiro atoms. The zero-order valence-electron chi connectivity index (χ0n) is 16.0. The van der Waals surface area contributed by atoms with Gasteiger partial charge in [0.2, 0.25) is 0 Å². The van der Waals surface area contributed by atoms with Crippen LogP contribution in [0, 0.1) is 0 Å². The SMILES string of the molecule is CCc1cc2c(-c3cc(C(F)(F)F)cc(C(F)(F)F)c3)c(CC)ccc2[cH-]1.[Cl][Zr][Cl]. The van der Waals surface area contributed by atoms with Crippen LogP contribution in [0.1, 0.15) is 36.1 Å². The number of benzene rings is 2.